The van der Waals surface area contributed by atoms with Gasteiger partial charge in [-0.1, -0.05) is 6.92 Å². The molecule has 1 nitrogen and oxygen atoms in total. The lowest BCUT2D eigenvalue weighted by atomic mass is 10.2. The smallest absolute Gasteiger partial charge is 0.0364 e. The van der Waals surface area contributed by atoms with Gasteiger partial charge < -0.3 is 4.90 Å². The number of hydrogen-bond donors (Lipinski definition) is 0. The van der Waals surface area contributed by atoms with Gasteiger partial charge in [0.05, 0.1) is 0 Å². The number of hydrogen-bond acceptors (Lipinski definition) is 2. The monoisotopic (exact) mass is 195 g/mol. The molecular formula is C11H17NS. The zero-order valence-corrected chi connectivity index (χ0v) is 9.61. The molecule has 1 aromatic carbocycles. The van der Waals surface area contributed by atoms with Gasteiger partial charge in [-0.3, -0.25) is 0 Å². The van der Waals surface area contributed by atoms with Gasteiger partial charge in [0.25, 0.3) is 0 Å². The fourth-order valence-electron chi connectivity index (χ4n) is 1.23. The van der Waals surface area contributed by atoms with Crippen molar-refractivity contribution in [2.24, 2.45) is 0 Å². The van der Waals surface area contributed by atoms with Crippen molar-refractivity contribution in [3.63, 3.8) is 0 Å². The van der Waals surface area contributed by atoms with Gasteiger partial charge in [-0.25, -0.2) is 0 Å². The van der Waals surface area contributed by atoms with Crippen LogP contribution in [0.15, 0.2) is 23.1 Å². The number of benzene rings is 1. The molecular weight excluding hydrogens is 178 g/mol. The van der Waals surface area contributed by atoms with Crippen LogP contribution in [0, 0.1) is 6.92 Å². The minimum Gasteiger partial charge on any atom is -0.378 e. The molecule has 1 aromatic rings. The summed E-state index contributed by atoms with van der Waals surface area (Å²) in [5, 5.41) is 0. The average molecular weight is 195 g/mol. The highest BCUT2D eigenvalue weighted by Crippen LogP contribution is 2.25. The first-order chi connectivity index (χ1) is 6.15. The Hall–Kier alpha value is -0.630. The molecule has 0 amide bonds. The summed E-state index contributed by atoms with van der Waals surface area (Å²) < 4.78 is 0. The molecule has 0 bridgehead atoms. The Balaban J connectivity index is 2.92. The predicted molar refractivity (Wildman–Crippen MR) is 61.9 cm³/mol. The van der Waals surface area contributed by atoms with E-state index in [0.29, 0.717) is 0 Å². The molecule has 0 aliphatic carbocycles. The van der Waals surface area contributed by atoms with Crippen molar-refractivity contribution in [1.82, 2.24) is 0 Å². The van der Waals surface area contributed by atoms with Crippen LogP contribution in [0.1, 0.15) is 12.5 Å². The van der Waals surface area contributed by atoms with E-state index in [1.165, 1.54) is 16.1 Å². The van der Waals surface area contributed by atoms with Crippen LogP contribution in [0.25, 0.3) is 0 Å². The predicted octanol–water partition coefficient (Wildman–Crippen LogP) is 3.17. The van der Waals surface area contributed by atoms with E-state index in [-0.39, 0.29) is 0 Å². The van der Waals surface area contributed by atoms with Crippen LogP contribution in [-0.4, -0.2) is 19.8 Å². The quantitative estimate of drug-likeness (QED) is 0.682. The zero-order valence-electron chi connectivity index (χ0n) is 8.79. The number of nitrogens with zero attached hydrogens (tertiary/aromatic N) is 1. The molecule has 0 unspecified atom stereocenters. The van der Waals surface area contributed by atoms with Gasteiger partial charge in [0.2, 0.25) is 0 Å². The highest BCUT2D eigenvalue weighted by Gasteiger charge is 2.00. The summed E-state index contributed by atoms with van der Waals surface area (Å²) in [6.45, 7) is 4.36. The topological polar surface area (TPSA) is 3.24 Å². The molecule has 0 saturated carbocycles. The first kappa shape index (κ1) is 10.5. The molecule has 0 saturated heterocycles. The van der Waals surface area contributed by atoms with Crippen molar-refractivity contribution in [3.05, 3.63) is 23.8 Å². The van der Waals surface area contributed by atoms with E-state index in [4.69, 9.17) is 0 Å². The van der Waals surface area contributed by atoms with Crippen LogP contribution >= 0.6 is 11.8 Å². The van der Waals surface area contributed by atoms with Crippen molar-refractivity contribution < 1.29 is 0 Å². The van der Waals surface area contributed by atoms with Crippen molar-refractivity contribution >= 4 is 17.4 Å². The van der Waals surface area contributed by atoms with Crippen LogP contribution in [0.5, 0.6) is 0 Å². The second-order valence-electron chi connectivity index (χ2n) is 3.28. The van der Waals surface area contributed by atoms with Crippen LogP contribution in [0.3, 0.4) is 0 Å². The van der Waals surface area contributed by atoms with E-state index in [2.05, 4.69) is 51.0 Å². The second kappa shape index (κ2) is 4.56. The Labute approximate surface area is 85.1 Å². The summed E-state index contributed by atoms with van der Waals surface area (Å²) in [5.41, 5.74) is 2.65. The third-order valence-corrected chi connectivity index (χ3v) is 3.03. The molecule has 0 N–H and O–H groups in total. The summed E-state index contributed by atoms with van der Waals surface area (Å²) in [5.74, 6) is 1.14. The van der Waals surface area contributed by atoms with Crippen molar-refractivity contribution in [2.75, 3.05) is 24.7 Å². The molecule has 0 radical (unpaired) electrons. The fourth-order valence-corrected chi connectivity index (χ4v) is 1.99. The highest BCUT2D eigenvalue weighted by atomic mass is 32.2. The minimum absolute atomic E-state index is 1.14. The Morgan fingerprint density at radius 3 is 2.46 bits per heavy atom. The van der Waals surface area contributed by atoms with Crippen molar-refractivity contribution in [3.8, 4) is 0 Å². The van der Waals surface area contributed by atoms with E-state index >= 15 is 0 Å². The van der Waals surface area contributed by atoms with Crippen LogP contribution < -0.4 is 4.90 Å². The number of aryl methyl sites for hydroxylation is 1. The van der Waals surface area contributed by atoms with E-state index in [1.54, 1.807) is 0 Å². The van der Waals surface area contributed by atoms with Gasteiger partial charge in [0.1, 0.15) is 0 Å². The minimum atomic E-state index is 1.14. The lowest BCUT2D eigenvalue weighted by molar-refractivity contribution is 1.12. The molecule has 0 aromatic heterocycles. The van der Waals surface area contributed by atoms with Gasteiger partial charge >= 0.3 is 0 Å². The van der Waals surface area contributed by atoms with Crippen LogP contribution in [0.2, 0.25) is 0 Å². The molecule has 2 heteroatoms. The Bertz CT molecular complexity index is 281. The van der Waals surface area contributed by atoms with Gasteiger partial charge in [-0.05, 0) is 36.4 Å². The molecule has 0 heterocycles. The fraction of sp³-hybridized carbons (Fsp3) is 0.455. The van der Waals surface area contributed by atoms with Crippen LogP contribution in [0.4, 0.5) is 5.69 Å². The highest BCUT2D eigenvalue weighted by molar-refractivity contribution is 7.99. The number of anilines is 1. The number of thioether (sulfide) groups is 1. The van der Waals surface area contributed by atoms with Gasteiger partial charge in [0.15, 0.2) is 0 Å². The lowest BCUT2D eigenvalue weighted by Gasteiger charge is -2.14. The van der Waals surface area contributed by atoms with Gasteiger partial charge in [-0.15, -0.1) is 11.8 Å². The largest absolute Gasteiger partial charge is 0.378 e. The normalized spacial score (nSPS) is 10.2. The van der Waals surface area contributed by atoms with E-state index in [1.807, 2.05) is 11.8 Å². The first-order valence-electron chi connectivity index (χ1n) is 4.56. The molecule has 0 aliphatic rings. The third-order valence-electron chi connectivity index (χ3n) is 1.97. The van der Waals surface area contributed by atoms with Crippen molar-refractivity contribution in [1.29, 1.82) is 0 Å². The molecule has 0 aliphatic heterocycles. The van der Waals surface area contributed by atoms with Crippen molar-refractivity contribution in [2.45, 2.75) is 18.7 Å². The Kier molecular flexibility index (Phi) is 3.67. The Morgan fingerprint density at radius 2 is 2.00 bits per heavy atom. The maximum absolute atomic E-state index is 2.23. The maximum atomic E-state index is 2.23. The van der Waals surface area contributed by atoms with E-state index in [0.717, 1.165) is 5.75 Å². The first-order valence-corrected chi connectivity index (χ1v) is 5.54. The standard InChI is InChI=1S/C11H17NS/c1-5-13-11-7-6-10(12(3)4)8-9(11)2/h6-8H,5H2,1-4H3. The summed E-state index contributed by atoms with van der Waals surface area (Å²) in [6.07, 6.45) is 0. The summed E-state index contributed by atoms with van der Waals surface area (Å²) in [6, 6.07) is 6.61. The summed E-state index contributed by atoms with van der Waals surface area (Å²) >= 11 is 1.90. The third kappa shape index (κ3) is 2.66. The van der Waals surface area contributed by atoms with Crippen LogP contribution in [-0.2, 0) is 0 Å². The maximum Gasteiger partial charge on any atom is 0.0364 e. The molecule has 0 atom stereocenters. The SMILES string of the molecule is CCSc1ccc(N(C)C)cc1C. The Morgan fingerprint density at radius 1 is 1.31 bits per heavy atom. The summed E-state index contributed by atoms with van der Waals surface area (Å²) in [4.78, 5) is 3.53. The van der Waals surface area contributed by atoms with E-state index < -0.39 is 0 Å². The second-order valence-corrected chi connectivity index (χ2v) is 4.58. The molecule has 0 fully saturated rings. The molecule has 0 spiro atoms. The molecule has 13 heavy (non-hydrogen) atoms. The number of rotatable bonds is 3. The molecule has 72 valence electrons. The summed E-state index contributed by atoms with van der Waals surface area (Å²) in [7, 11) is 4.14. The average Bonchev–Trinajstić information content (AvgIpc) is 2.08. The van der Waals surface area contributed by atoms with E-state index in [9.17, 15) is 0 Å². The van der Waals surface area contributed by atoms with Gasteiger partial charge in [-0.2, -0.15) is 0 Å². The molecule has 1 rings (SSSR count). The zero-order chi connectivity index (χ0) is 9.84. The van der Waals surface area contributed by atoms with Gasteiger partial charge in [0, 0.05) is 24.7 Å². The lowest BCUT2D eigenvalue weighted by Crippen LogP contribution is -2.08.